The zero-order valence-corrected chi connectivity index (χ0v) is 22.9. The van der Waals surface area contributed by atoms with E-state index in [1.165, 1.54) is 0 Å². The quantitative estimate of drug-likeness (QED) is 0.436. The summed E-state index contributed by atoms with van der Waals surface area (Å²) in [4.78, 5) is 31.4. The van der Waals surface area contributed by atoms with Gasteiger partial charge in [-0.15, -0.1) is 0 Å². The van der Waals surface area contributed by atoms with Crippen molar-refractivity contribution in [1.29, 1.82) is 0 Å². The molecular weight excluding hydrogens is 484 g/mol. The number of para-hydroxylation sites is 1. The number of nitrogens with zero attached hydrogens (tertiary/aromatic N) is 2. The number of amides is 2. The van der Waals surface area contributed by atoms with Gasteiger partial charge in [0.1, 0.15) is 11.9 Å². The molecule has 6 heteroatoms. The fourth-order valence-electron chi connectivity index (χ4n) is 5.73. The molecule has 1 aliphatic carbocycles. The van der Waals surface area contributed by atoms with Crippen molar-refractivity contribution in [1.82, 2.24) is 9.80 Å². The van der Waals surface area contributed by atoms with E-state index < -0.39 is 0 Å². The van der Waals surface area contributed by atoms with Crippen molar-refractivity contribution in [3.8, 4) is 5.75 Å². The Morgan fingerprint density at radius 3 is 2.43 bits per heavy atom. The third-order valence-corrected chi connectivity index (χ3v) is 8.06. The van der Waals surface area contributed by atoms with Crippen molar-refractivity contribution in [2.75, 3.05) is 19.6 Å². The van der Waals surface area contributed by atoms with Crippen LogP contribution in [0.25, 0.3) is 0 Å². The first-order valence-electron chi connectivity index (χ1n) is 14.2. The van der Waals surface area contributed by atoms with Gasteiger partial charge < -0.3 is 14.5 Å². The maximum Gasteiger partial charge on any atom is 0.257 e. The third kappa shape index (κ3) is 7.28. The molecule has 2 amide bonds. The zero-order chi connectivity index (χ0) is 26.0. The molecule has 0 saturated heterocycles. The van der Waals surface area contributed by atoms with E-state index in [2.05, 4.69) is 11.8 Å². The van der Waals surface area contributed by atoms with Gasteiger partial charge in [-0.2, -0.15) is 0 Å². The predicted molar refractivity (Wildman–Crippen MR) is 149 cm³/mol. The Balaban J connectivity index is 1.63. The minimum Gasteiger partial charge on any atom is -0.487 e. The third-order valence-electron chi connectivity index (χ3n) is 7.69. The molecule has 2 aromatic rings. The van der Waals surface area contributed by atoms with Gasteiger partial charge in [0.15, 0.2) is 0 Å². The standard InChI is InChI=1S/C31H41ClN2O3/c1-2-20-33-21-12-4-3-5-13-22-34(30(35)23-24-14-6-8-16-26(24)32)27-17-9-11-19-29(27)37-28-18-10-7-15-25(28)31(33)36/h6-8,10,14-16,18,27,29H,2-5,9,11-13,17,19-23H2,1H3/t27-,29+/m1/s1. The van der Waals surface area contributed by atoms with Crippen molar-refractivity contribution in [3.63, 3.8) is 0 Å². The molecule has 1 aliphatic heterocycles. The number of halogens is 1. The molecule has 1 fully saturated rings. The number of hydrogen-bond acceptors (Lipinski definition) is 3. The van der Waals surface area contributed by atoms with Crippen LogP contribution < -0.4 is 4.74 Å². The molecule has 0 spiro atoms. The van der Waals surface area contributed by atoms with Crippen molar-refractivity contribution in [2.45, 2.75) is 89.7 Å². The number of fused-ring (bicyclic) bond motifs is 2. The van der Waals surface area contributed by atoms with Crippen LogP contribution in [0.5, 0.6) is 5.75 Å². The Kier molecular flexibility index (Phi) is 10.3. The molecule has 1 heterocycles. The molecular formula is C31H41ClN2O3. The van der Waals surface area contributed by atoms with Crippen LogP contribution in [0.1, 0.15) is 87.1 Å². The number of carbonyl (C=O) groups excluding carboxylic acids is 2. The van der Waals surface area contributed by atoms with E-state index in [1.807, 2.05) is 53.4 Å². The molecule has 0 radical (unpaired) electrons. The van der Waals surface area contributed by atoms with E-state index in [1.54, 1.807) is 0 Å². The molecule has 1 saturated carbocycles. The number of ether oxygens (including phenoxy) is 1. The van der Waals surface area contributed by atoms with E-state index in [0.717, 1.165) is 89.4 Å². The van der Waals surface area contributed by atoms with Crippen LogP contribution in [0.4, 0.5) is 0 Å². The topological polar surface area (TPSA) is 49.9 Å². The molecule has 200 valence electrons. The van der Waals surface area contributed by atoms with Gasteiger partial charge in [0.05, 0.1) is 18.0 Å². The lowest BCUT2D eigenvalue weighted by Gasteiger charge is -2.40. The Morgan fingerprint density at radius 1 is 0.919 bits per heavy atom. The van der Waals surface area contributed by atoms with Gasteiger partial charge in [-0.05, 0) is 62.3 Å². The Hall–Kier alpha value is -2.53. The summed E-state index contributed by atoms with van der Waals surface area (Å²) in [7, 11) is 0. The lowest BCUT2D eigenvalue weighted by atomic mass is 9.90. The second-order valence-corrected chi connectivity index (χ2v) is 10.8. The predicted octanol–water partition coefficient (Wildman–Crippen LogP) is 6.92. The second kappa shape index (κ2) is 13.9. The van der Waals surface area contributed by atoms with Crippen LogP contribution in [0, 0.1) is 0 Å². The SMILES string of the molecule is CCCN1CCCCCCCN(C(=O)Cc2ccccc2Cl)[C@@H]2CCCC[C@@H]2Oc2ccccc2C1=O. The van der Waals surface area contributed by atoms with E-state index in [9.17, 15) is 9.59 Å². The Morgan fingerprint density at radius 2 is 1.62 bits per heavy atom. The average Bonchev–Trinajstić information content (AvgIpc) is 2.91. The molecule has 4 rings (SSSR count). The van der Waals surface area contributed by atoms with Gasteiger partial charge in [-0.1, -0.05) is 74.5 Å². The summed E-state index contributed by atoms with van der Waals surface area (Å²) in [5.74, 6) is 0.793. The van der Waals surface area contributed by atoms with Gasteiger partial charge >= 0.3 is 0 Å². The van der Waals surface area contributed by atoms with Crippen LogP contribution in [0.3, 0.4) is 0 Å². The fourth-order valence-corrected chi connectivity index (χ4v) is 5.94. The number of hydrogen-bond donors (Lipinski definition) is 0. The monoisotopic (exact) mass is 524 g/mol. The van der Waals surface area contributed by atoms with Crippen molar-refractivity contribution in [2.24, 2.45) is 0 Å². The molecule has 0 aromatic heterocycles. The van der Waals surface area contributed by atoms with Crippen LogP contribution >= 0.6 is 11.6 Å². The summed E-state index contributed by atoms with van der Waals surface area (Å²) >= 11 is 6.41. The van der Waals surface area contributed by atoms with E-state index >= 15 is 0 Å². The lowest BCUT2D eigenvalue weighted by molar-refractivity contribution is -0.136. The highest BCUT2D eigenvalue weighted by atomic mass is 35.5. The van der Waals surface area contributed by atoms with Gasteiger partial charge in [0.2, 0.25) is 5.91 Å². The first kappa shape index (κ1) is 27.5. The van der Waals surface area contributed by atoms with E-state index in [4.69, 9.17) is 16.3 Å². The van der Waals surface area contributed by atoms with Gasteiger partial charge in [-0.3, -0.25) is 9.59 Å². The van der Waals surface area contributed by atoms with E-state index in [0.29, 0.717) is 22.8 Å². The molecule has 37 heavy (non-hydrogen) atoms. The molecule has 5 nitrogen and oxygen atoms in total. The van der Waals surface area contributed by atoms with Crippen LogP contribution in [-0.2, 0) is 11.2 Å². The molecule has 0 unspecified atom stereocenters. The minimum atomic E-state index is -0.136. The fraction of sp³-hybridized carbons (Fsp3) is 0.548. The summed E-state index contributed by atoms with van der Waals surface area (Å²) in [5, 5.41) is 0.634. The number of benzene rings is 2. The highest BCUT2D eigenvalue weighted by Gasteiger charge is 2.35. The van der Waals surface area contributed by atoms with Gasteiger partial charge in [-0.25, -0.2) is 0 Å². The first-order chi connectivity index (χ1) is 18.1. The smallest absolute Gasteiger partial charge is 0.257 e. The van der Waals surface area contributed by atoms with Crippen molar-refractivity contribution >= 4 is 23.4 Å². The first-order valence-corrected chi connectivity index (χ1v) is 14.5. The van der Waals surface area contributed by atoms with E-state index in [-0.39, 0.29) is 24.0 Å². The zero-order valence-electron chi connectivity index (χ0n) is 22.2. The summed E-state index contributed by atoms with van der Waals surface area (Å²) in [6.07, 6.45) is 10.3. The molecule has 2 aromatic carbocycles. The molecule has 2 atom stereocenters. The molecule has 0 bridgehead atoms. The maximum absolute atomic E-state index is 13.7. The van der Waals surface area contributed by atoms with Crippen LogP contribution in [0.15, 0.2) is 48.5 Å². The molecule has 2 aliphatic rings. The lowest BCUT2D eigenvalue weighted by Crippen LogP contribution is -2.51. The van der Waals surface area contributed by atoms with Crippen LogP contribution in [0.2, 0.25) is 5.02 Å². The average molecular weight is 525 g/mol. The molecule has 0 N–H and O–H groups in total. The van der Waals surface area contributed by atoms with Crippen molar-refractivity contribution < 1.29 is 14.3 Å². The Labute approximate surface area is 227 Å². The van der Waals surface area contributed by atoms with Crippen molar-refractivity contribution in [3.05, 3.63) is 64.7 Å². The highest BCUT2D eigenvalue weighted by Crippen LogP contribution is 2.31. The summed E-state index contributed by atoms with van der Waals surface area (Å²) in [6, 6.07) is 15.2. The van der Waals surface area contributed by atoms with Crippen LogP contribution in [-0.4, -0.2) is 53.4 Å². The van der Waals surface area contributed by atoms with Gasteiger partial charge in [0, 0.05) is 24.7 Å². The number of rotatable bonds is 4. The maximum atomic E-state index is 13.7. The largest absolute Gasteiger partial charge is 0.487 e. The Bertz CT molecular complexity index is 1040. The summed E-state index contributed by atoms with van der Waals surface area (Å²) in [6.45, 7) is 4.38. The summed E-state index contributed by atoms with van der Waals surface area (Å²) in [5.41, 5.74) is 1.49. The minimum absolute atomic E-state index is 0.0104. The second-order valence-electron chi connectivity index (χ2n) is 10.4. The number of carbonyl (C=O) groups is 2. The normalized spacial score (nSPS) is 21.7. The summed E-state index contributed by atoms with van der Waals surface area (Å²) < 4.78 is 6.66. The highest BCUT2D eigenvalue weighted by molar-refractivity contribution is 6.31. The van der Waals surface area contributed by atoms with Gasteiger partial charge in [0.25, 0.3) is 5.91 Å².